The van der Waals surface area contributed by atoms with Crippen LogP contribution in [0.1, 0.15) is 19.3 Å². The highest BCUT2D eigenvalue weighted by atomic mass is 19.4. The molecule has 2 unspecified atom stereocenters. The SMILES string of the molecule is O=C(C1CCC(C(F)(F)F)CN1)N1CCCOCC1. The average Bonchev–Trinajstić information content (AvgIpc) is 2.66. The number of carbonyl (C=O) groups is 1. The fraction of sp³-hybridized carbons (Fsp3) is 0.917. The second-order valence-corrected chi connectivity index (χ2v) is 5.07. The van der Waals surface area contributed by atoms with Crippen LogP contribution in [0.3, 0.4) is 0 Å². The summed E-state index contributed by atoms with van der Waals surface area (Å²) in [7, 11) is 0. The Bertz CT molecular complexity index is 307. The van der Waals surface area contributed by atoms with Crippen LogP contribution in [0.4, 0.5) is 13.2 Å². The second-order valence-electron chi connectivity index (χ2n) is 5.07. The van der Waals surface area contributed by atoms with Crippen molar-refractivity contribution >= 4 is 5.91 Å². The van der Waals surface area contributed by atoms with Gasteiger partial charge in [-0.1, -0.05) is 0 Å². The van der Waals surface area contributed by atoms with Crippen LogP contribution >= 0.6 is 0 Å². The number of rotatable bonds is 1. The van der Waals surface area contributed by atoms with Gasteiger partial charge in [-0.25, -0.2) is 0 Å². The van der Waals surface area contributed by atoms with E-state index in [1.807, 2.05) is 0 Å². The largest absolute Gasteiger partial charge is 0.393 e. The zero-order chi connectivity index (χ0) is 13.9. The van der Waals surface area contributed by atoms with Crippen molar-refractivity contribution in [2.24, 2.45) is 5.92 Å². The van der Waals surface area contributed by atoms with Gasteiger partial charge in [0.2, 0.25) is 5.91 Å². The first kappa shape index (κ1) is 14.6. The maximum absolute atomic E-state index is 12.5. The minimum atomic E-state index is -4.17. The van der Waals surface area contributed by atoms with Gasteiger partial charge < -0.3 is 15.0 Å². The number of halogens is 3. The molecule has 4 nitrogen and oxygen atoms in total. The summed E-state index contributed by atoms with van der Waals surface area (Å²) in [5.74, 6) is -1.42. The van der Waals surface area contributed by atoms with Gasteiger partial charge in [0.1, 0.15) is 0 Å². The molecule has 1 N–H and O–H groups in total. The lowest BCUT2D eigenvalue weighted by Crippen LogP contribution is -2.52. The van der Waals surface area contributed by atoms with Gasteiger partial charge >= 0.3 is 6.18 Å². The Morgan fingerprint density at radius 3 is 2.63 bits per heavy atom. The Balaban J connectivity index is 1.85. The third-order valence-electron chi connectivity index (χ3n) is 3.71. The third-order valence-corrected chi connectivity index (χ3v) is 3.71. The lowest BCUT2D eigenvalue weighted by molar-refractivity contribution is -0.180. The van der Waals surface area contributed by atoms with E-state index >= 15 is 0 Å². The quantitative estimate of drug-likeness (QED) is 0.784. The van der Waals surface area contributed by atoms with Crippen LogP contribution in [0.25, 0.3) is 0 Å². The van der Waals surface area contributed by atoms with Gasteiger partial charge in [-0.15, -0.1) is 0 Å². The van der Waals surface area contributed by atoms with Crippen molar-refractivity contribution in [1.82, 2.24) is 10.2 Å². The van der Waals surface area contributed by atoms with Crippen molar-refractivity contribution in [2.45, 2.75) is 31.5 Å². The van der Waals surface area contributed by atoms with Gasteiger partial charge in [0.25, 0.3) is 0 Å². The minimum Gasteiger partial charge on any atom is -0.380 e. The Morgan fingerprint density at radius 1 is 1.21 bits per heavy atom. The van der Waals surface area contributed by atoms with Gasteiger partial charge in [-0.3, -0.25) is 4.79 Å². The van der Waals surface area contributed by atoms with E-state index in [2.05, 4.69) is 5.32 Å². The van der Waals surface area contributed by atoms with E-state index in [0.29, 0.717) is 26.3 Å². The molecule has 0 radical (unpaired) electrons. The zero-order valence-corrected chi connectivity index (χ0v) is 10.7. The van der Waals surface area contributed by atoms with Gasteiger partial charge in [-0.2, -0.15) is 13.2 Å². The third kappa shape index (κ3) is 3.82. The predicted octanol–water partition coefficient (Wildman–Crippen LogP) is 1.17. The molecule has 2 aliphatic heterocycles. The molecule has 0 saturated carbocycles. The first-order valence-electron chi connectivity index (χ1n) is 6.65. The summed E-state index contributed by atoms with van der Waals surface area (Å²) < 4.78 is 42.8. The fourth-order valence-corrected chi connectivity index (χ4v) is 2.53. The lowest BCUT2D eigenvalue weighted by Gasteiger charge is -2.33. The monoisotopic (exact) mass is 280 g/mol. The molecule has 1 amide bonds. The number of alkyl halides is 3. The first-order chi connectivity index (χ1) is 8.98. The molecule has 110 valence electrons. The standard InChI is InChI=1S/C12H19F3N2O2/c13-12(14,15)9-2-3-10(16-8-9)11(18)17-4-1-6-19-7-5-17/h9-10,16H,1-8H2. The number of hydrogen-bond donors (Lipinski definition) is 1. The van der Waals surface area contributed by atoms with Crippen LogP contribution in [-0.2, 0) is 9.53 Å². The molecule has 0 aromatic carbocycles. The van der Waals surface area contributed by atoms with Crippen molar-refractivity contribution in [3.05, 3.63) is 0 Å². The van der Waals surface area contributed by atoms with Crippen molar-refractivity contribution in [3.8, 4) is 0 Å². The molecule has 2 fully saturated rings. The predicted molar refractivity (Wildman–Crippen MR) is 62.6 cm³/mol. The molecule has 2 saturated heterocycles. The Kier molecular flexibility index (Phi) is 4.67. The van der Waals surface area contributed by atoms with Crippen LogP contribution < -0.4 is 5.32 Å². The van der Waals surface area contributed by atoms with E-state index in [9.17, 15) is 18.0 Å². The van der Waals surface area contributed by atoms with Crippen LogP contribution in [0.2, 0.25) is 0 Å². The molecule has 0 aromatic heterocycles. The summed E-state index contributed by atoms with van der Waals surface area (Å²) in [4.78, 5) is 13.9. The van der Waals surface area contributed by atoms with Gasteiger partial charge in [0.15, 0.2) is 0 Å². The molecule has 2 aliphatic rings. The summed E-state index contributed by atoms with van der Waals surface area (Å²) in [5.41, 5.74) is 0. The van der Waals surface area contributed by atoms with Crippen molar-refractivity contribution in [3.63, 3.8) is 0 Å². The number of nitrogens with one attached hydrogen (secondary N) is 1. The maximum atomic E-state index is 12.5. The molecule has 0 spiro atoms. The summed E-state index contributed by atoms with van der Waals surface area (Å²) in [6.07, 6.45) is -3.11. The molecule has 0 aliphatic carbocycles. The fourth-order valence-electron chi connectivity index (χ4n) is 2.53. The lowest BCUT2D eigenvalue weighted by atomic mass is 9.93. The molecule has 2 atom stereocenters. The molecular formula is C12H19F3N2O2. The van der Waals surface area contributed by atoms with E-state index in [1.165, 1.54) is 0 Å². The molecule has 2 heterocycles. The van der Waals surface area contributed by atoms with E-state index in [1.54, 1.807) is 4.90 Å². The Morgan fingerprint density at radius 2 is 2.00 bits per heavy atom. The average molecular weight is 280 g/mol. The van der Waals surface area contributed by atoms with E-state index < -0.39 is 18.1 Å². The highest BCUT2D eigenvalue weighted by Crippen LogP contribution is 2.32. The van der Waals surface area contributed by atoms with Crippen LogP contribution in [0.15, 0.2) is 0 Å². The van der Waals surface area contributed by atoms with Crippen LogP contribution in [-0.4, -0.2) is 55.9 Å². The van der Waals surface area contributed by atoms with Gasteiger partial charge in [0, 0.05) is 26.2 Å². The zero-order valence-electron chi connectivity index (χ0n) is 10.7. The molecule has 19 heavy (non-hydrogen) atoms. The first-order valence-corrected chi connectivity index (χ1v) is 6.65. The smallest absolute Gasteiger partial charge is 0.380 e. The summed E-state index contributed by atoms with van der Waals surface area (Å²) in [5, 5.41) is 2.74. The van der Waals surface area contributed by atoms with Crippen LogP contribution in [0.5, 0.6) is 0 Å². The van der Waals surface area contributed by atoms with Crippen molar-refractivity contribution in [2.75, 3.05) is 32.8 Å². The normalized spacial score (nSPS) is 29.9. The van der Waals surface area contributed by atoms with Crippen molar-refractivity contribution < 1.29 is 22.7 Å². The van der Waals surface area contributed by atoms with Crippen LogP contribution in [0, 0.1) is 5.92 Å². The second kappa shape index (κ2) is 6.09. The molecular weight excluding hydrogens is 261 g/mol. The van der Waals surface area contributed by atoms with E-state index in [0.717, 1.165) is 6.42 Å². The minimum absolute atomic E-state index is 0.0250. The Hall–Kier alpha value is -0.820. The molecule has 0 bridgehead atoms. The number of carbonyl (C=O) groups excluding carboxylic acids is 1. The van der Waals surface area contributed by atoms with Crippen molar-refractivity contribution in [1.29, 1.82) is 0 Å². The number of hydrogen-bond acceptors (Lipinski definition) is 3. The Labute approximate surface area is 110 Å². The topological polar surface area (TPSA) is 41.6 Å². The van der Waals surface area contributed by atoms with Gasteiger partial charge in [0.05, 0.1) is 18.6 Å². The molecule has 2 rings (SSSR count). The number of ether oxygens (including phenoxy) is 1. The highest BCUT2D eigenvalue weighted by molar-refractivity contribution is 5.82. The molecule has 0 aromatic rings. The summed E-state index contributed by atoms with van der Waals surface area (Å²) in [6, 6.07) is -0.475. The number of piperidine rings is 1. The molecule has 7 heteroatoms. The summed E-state index contributed by atoms with van der Waals surface area (Å²) in [6.45, 7) is 2.13. The summed E-state index contributed by atoms with van der Waals surface area (Å²) >= 11 is 0. The van der Waals surface area contributed by atoms with E-state index in [-0.39, 0.29) is 25.3 Å². The number of amides is 1. The number of nitrogens with zero attached hydrogens (tertiary/aromatic N) is 1. The van der Waals surface area contributed by atoms with E-state index in [4.69, 9.17) is 4.74 Å². The highest BCUT2D eigenvalue weighted by Gasteiger charge is 2.42. The van der Waals surface area contributed by atoms with Gasteiger partial charge in [-0.05, 0) is 19.3 Å². The maximum Gasteiger partial charge on any atom is 0.393 e.